The zero-order valence-corrected chi connectivity index (χ0v) is 12.9. The predicted octanol–water partition coefficient (Wildman–Crippen LogP) is 4.02. The second kappa shape index (κ2) is 7.20. The molecule has 1 N–H and O–H groups in total. The number of rotatable bonds is 5. The van der Waals surface area contributed by atoms with Gasteiger partial charge in [-0.15, -0.1) is 0 Å². The van der Waals surface area contributed by atoms with E-state index in [4.69, 9.17) is 4.74 Å². The quantitative estimate of drug-likeness (QED) is 0.649. The number of anilines is 1. The Labute approximate surface area is 140 Å². The van der Waals surface area contributed by atoms with Gasteiger partial charge in [0.15, 0.2) is 6.10 Å². The molecule has 6 nitrogen and oxygen atoms in total. The standard InChI is InChI=1S/C16H13F3N2O4/c1-10(25-14-7-2-4-11(8-14)16(17,18)19)15(22)20-12-5-3-6-13(9-12)21(23)24/h2-10H,1H3,(H,20,22)/t10-/m1/s1. The molecule has 2 rings (SSSR count). The third-order valence-corrected chi connectivity index (χ3v) is 3.17. The molecular weight excluding hydrogens is 341 g/mol. The van der Waals surface area contributed by atoms with E-state index in [2.05, 4.69) is 5.32 Å². The van der Waals surface area contributed by atoms with Crippen molar-refractivity contribution in [2.24, 2.45) is 0 Å². The van der Waals surface area contributed by atoms with Gasteiger partial charge in [0, 0.05) is 17.8 Å². The minimum absolute atomic E-state index is 0.114. The lowest BCUT2D eigenvalue weighted by molar-refractivity contribution is -0.384. The first-order valence-electron chi connectivity index (χ1n) is 7.06. The second-order valence-corrected chi connectivity index (χ2v) is 5.08. The number of alkyl halides is 3. The normalized spacial score (nSPS) is 12.3. The first kappa shape index (κ1) is 18.2. The number of hydrogen-bond acceptors (Lipinski definition) is 4. The van der Waals surface area contributed by atoms with Gasteiger partial charge < -0.3 is 10.1 Å². The molecule has 2 aromatic carbocycles. The number of amides is 1. The minimum atomic E-state index is -4.52. The first-order valence-corrected chi connectivity index (χ1v) is 7.06. The van der Waals surface area contributed by atoms with Crippen LogP contribution in [0, 0.1) is 10.1 Å². The topological polar surface area (TPSA) is 81.5 Å². The highest BCUT2D eigenvalue weighted by Crippen LogP contribution is 2.31. The molecule has 0 aromatic heterocycles. The lowest BCUT2D eigenvalue weighted by Gasteiger charge is -2.16. The maximum absolute atomic E-state index is 12.7. The van der Waals surface area contributed by atoms with Crippen molar-refractivity contribution in [1.82, 2.24) is 0 Å². The van der Waals surface area contributed by atoms with Crippen LogP contribution in [-0.4, -0.2) is 16.9 Å². The van der Waals surface area contributed by atoms with Crippen LogP contribution in [0.2, 0.25) is 0 Å². The molecule has 0 spiro atoms. The summed E-state index contributed by atoms with van der Waals surface area (Å²) in [7, 11) is 0. The number of halogens is 3. The Balaban J connectivity index is 2.06. The highest BCUT2D eigenvalue weighted by Gasteiger charge is 2.30. The Morgan fingerprint density at radius 2 is 1.88 bits per heavy atom. The highest BCUT2D eigenvalue weighted by atomic mass is 19.4. The van der Waals surface area contributed by atoms with Crippen LogP contribution in [0.15, 0.2) is 48.5 Å². The Hall–Kier alpha value is -3.10. The Morgan fingerprint density at radius 3 is 2.52 bits per heavy atom. The van der Waals surface area contributed by atoms with Crippen LogP contribution in [0.3, 0.4) is 0 Å². The summed E-state index contributed by atoms with van der Waals surface area (Å²) >= 11 is 0. The number of nitro groups is 1. The van der Waals surface area contributed by atoms with Crippen molar-refractivity contribution >= 4 is 17.3 Å². The summed E-state index contributed by atoms with van der Waals surface area (Å²) in [6.07, 6.45) is -5.63. The van der Waals surface area contributed by atoms with Crippen molar-refractivity contribution in [3.8, 4) is 5.75 Å². The number of carbonyl (C=O) groups excluding carboxylic acids is 1. The molecule has 9 heteroatoms. The highest BCUT2D eigenvalue weighted by molar-refractivity contribution is 5.94. The number of nitrogens with zero attached hydrogens (tertiary/aromatic N) is 1. The molecule has 0 bridgehead atoms. The molecule has 0 radical (unpaired) electrons. The molecular formula is C16H13F3N2O4. The number of hydrogen-bond donors (Lipinski definition) is 1. The van der Waals surface area contributed by atoms with Crippen molar-refractivity contribution in [2.45, 2.75) is 19.2 Å². The van der Waals surface area contributed by atoms with Crippen LogP contribution in [0.4, 0.5) is 24.5 Å². The predicted molar refractivity (Wildman–Crippen MR) is 83.3 cm³/mol. The molecule has 0 fully saturated rings. The maximum atomic E-state index is 12.7. The maximum Gasteiger partial charge on any atom is 0.416 e. The molecule has 0 aliphatic rings. The first-order chi connectivity index (χ1) is 11.7. The van der Waals surface area contributed by atoms with Crippen LogP contribution < -0.4 is 10.1 Å². The lowest BCUT2D eigenvalue weighted by Crippen LogP contribution is -2.30. The Morgan fingerprint density at radius 1 is 1.20 bits per heavy atom. The molecule has 0 saturated carbocycles. The fourth-order valence-corrected chi connectivity index (χ4v) is 1.94. The fraction of sp³-hybridized carbons (Fsp3) is 0.188. The minimum Gasteiger partial charge on any atom is -0.481 e. The van der Waals surface area contributed by atoms with Gasteiger partial charge in [-0.05, 0) is 31.2 Å². The van der Waals surface area contributed by atoms with Crippen LogP contribution in [0.5, 0.6) is 5.75 Å². The lowest BCUT2D eigenvalue weighted by atomic mass is 10.2. The van der Waals surface area contributed by atoms with Crippen LogP contribution >= 0.6 is 0 Å². The number of carbonyl (C=O) groups is 1. The molecule has 25 heavy (non-hydrogen) atoms. The summed E-state index contributed by atoms with van der Waals surface area (Å²) in [5, 5.41) is 13.1. The Kier molecular flexibility index (Phi) is 5.26. The molecule has 1 amide bonds. The Bertz CT molecular complexity index is 793. The van der Waals surface area contributed by atoms with Gasteiger partial charge >= 0.3 is 6.18 Å². The average Bonchev–Trinajstić information content (AvgIpc) is 2.54. The zero-order chi connectivity index (χ0) is 18.6. The SMILES string of the molecule is C[C@@H](Oc1cccc(C(F)(F)F)c1)C(=O)Nc1cccc([N+](=O)[O-])c1. The van der Waals surface area contributed by atoms with E-state index in [1.54, 1.807) is 0 Å². The van der Waals surface area contributed by atoms with Gasteiger partial charge in [0.05, 0.1) is 10.5 Å². The zero-order valence-electron chi connectivity index (χ0n) is 12.9. The van der Waals surface area contributed by atoms with Gasteiger partial charge in [0.25, 0.3) is 11.6 Å². The summed E-state index contributed by atoms with van der Waals surface area (Å²) in [5.41, 5.74) is -0.917. The molecule has 0 aliphatic heterocycles. The van der Waals surface area contributed by atoms with Crippen molar-refractivity contribution in [2.75, 3.05) is 5.32 Å². The molecule has 0 saturated heterocycles. The van der Waals surface area contributed by atoms with Crippen molar-refractivity contribution in [1.29, 1.82) is 0 Å². The van der Waals surface area contributed by atoms with Crippen LogP contribution in [0.25, 0.3) is 0 Å². The molecule has 0 unspecified atom stereocenters. The smallest absolute Gasteiger partial charge is 0.416 e. The van der Waals surface area contributed by atoms with E-state index in [1.807, 2.05) is 0 Å². The average molecular weight is 354 g/mol. The van der Waals surface area contributed by atoms with E-state index in [1.165, 1.54) is 37.3 Å². The molecule has 1 atom stereocenters. The number of non-ortho nitro benzene ring substituents is 1. The van der Waals surface area contributed by atoms with Gasteiger partial charge in [-0.25, -0.2) is 0 Å². The number of ether oxygens (including phenoxy) is 1. The van der Waals surface area contributed by atoms with Crippen molar-refractivity contribution in [3.63, 3.8) is 0 Å². The summed E-state index contributed by atoms with van der Waals surface area (Å²) < 4.78 is 43.2. The summed E-state index contributed by atoms with van der Waals surface area (Å²) in [4.78, 5) is 22.1. The number of nitrogens with one attached hydrogen (secondary N) is 1. The van der Waals surface area contributed by atoms with Crippen LogP contribution in [0.1, 0.15) is 12.5 Å². The van der Waals surface area contributed by atoms with E-state index in [0.29, 0.717) is 0 Å². The summed E-state index contributed by atoms with van der Waals surface area (Å²) in [5.74, 6) is -0.769. The van der Waals surface area contributed by atoms with Crippen LogP contribution in [-0.2, 0) is 11.0 Å². The monoisotopic (exact) mass is 354 g/mol. The van der Waals surface area contributed by atoms with E-state index in [-0.39, 0.29) is 17.1 Å². The third kappa shape index (κ3) is 4.93. The van der Waals surface area contributed by atoms with Gasteiger partial charge in [-0.1, -0.05) is 12.1 Å². The van der Waals surface area contributed by atoms with Gasteiger partial charge in [0.1, 0.15) is 5.75 Å². The van der Waals surface area contributed by atoms with Crippen molar-refractivity contribution < 1.29 is 27.6 Å². The number of nitro benzene ring substituents is 1. The molecule has 132 valence electrons. The van der Waals surface area contributed by atoms with E-state index in [0.717, 1.165) is 18.2 Å². The van der Waals surface area contributed by atoms with Gasteiger partial charge in [-0.2, -0.15) is 13.2 Å². The molecule has 0 aliphatic carbocycles. The second-order valence-electron chi connectivity index (χ2n) is 5.08. The van der Waals surface area contributed by atoms with E-state index in [9.17, 15) is 28.1 Å². The van der Waals surface area contributed by atoms with E-state index >= 15 is 0 Å². The fourth-order valence-electron chi connectivity index (χ4n) is 1.94. The van der Waals surface area contributed by atoms with Gasteiger partial charge in [0.2, 0.25) is 0 Å². The van der Waals surface area contributed by atoms with Crippen molar-refractivity contribution in [3.05, 3.63) is 64.2 Å². The largest absolute Gasteiger partial charge is 0.481 e. The summed E-state index contributed by atoms with van der Waals surface area (Å²) in [6.45, 7) is 1.35. The third-order valence-electron chi connectivity index (χ3n) is 3.17. The molecule has 0 heterocycles. The van der Waals surface area contributed by atoms with Gasteiger partial charge in [-0.3, -0.25) is 14.9 Å². The van der Waals surface area contributed by atoms with E-state index < -0.39 is 28.7 Å². The molecule has 2 aromatic rings. The number of benzene rings is 2. The summed E-state index contributed by atoms with van der Waals surface area (Å²) in [6, 6.07) is 9.41.